The normalized spacial score (nSPS) is 21.5. The minimum Gasteiger partial charge on any atom is -0.465 e. The lowest BCUT2D eigenvalue weighted by Crippen LogP contribution is -2.43. The molecule has 13 heavy (non-hydrogen) atoms. The third-order valence-corrected chi connectivity index (χ3v) is 3.21. The van der Waals surface area contributed by atoms with E-state index in [4.69, 9.17) is 10.2 Å². The zero-order valence-electron chi connectivity index (χ0n) is 7.44. The average molecular weight is 205 g/mol. The van der Waals surface area contributed by atoms with Crippen LogP contribution in [0, 0.1) is 0 Å². The molecule has 1 aliphatic heterocycles. The molecule has 1 fully saturated rings. The van der Waals surface area contributed by atoms with Gasteiger partial charge >= 0.3 is 6.09 Å². The van der Waals surface area contributed by atoms with E-state index >= 15 is 0 Å². The molecule has 0 aromatic heterocycles. The largest absolute Gasteiger partial charge is 0.465 e. The van der Waals surface area contributed by atoms with Gasteiger partial charge in [0, 0.05) is 24.4 Å². The number of rotatable bonds is 2. The predicted molar refractivity (Wildman–Crippen MR) is 52.3 cm³/mol. The number of carboxylic acid groups (broad SMARTS) is 1. The quantitative estimate of drug-likeness (QED) is 0.585. The van der Waals surface area contributed by atoms with Crippen molar-refractivity contribution in [3.63, 3.8) is 0 Å². The zero-order valence-corrected chi connectivity index (χ0v) is 8.33. The van der Waals surface area contributed by atoms with E-state index in [0.29, 0.717) is 19.5 Å². The Morgan fingerprint density at radius 3 is 2.38 bits per heavy atom. The van der Waals surface area contributed by atoms with Crippen molar-refractivity contribution in [1.29, 1.82) is 0 Å². The number of hydrogen-bond acceptors (Lipinski definition) is 3. The van der Waals surface area contributed by atoms with Gasteiger partial charge in [0.05, 0.1) is 0 Å². The average Bonchev–Trinajstić information content (AvgIpc) is 2.05. The molecule has 4 nitrogen and oxygen atoms in total. The summed E-state index contributed by atoms with van der Waals surface area (Å²) in [4.78, 5) is 12.0. The van der Waals surface area contributed by atoms with Crippen LogP contribution >= 0.6 is 12.6 Å². The molecular weight excluding hydrogens is 190 g/mol. The molecule has 1 rings (SSSR count). The van der Waals surface area contributed by atoms with Crippen LogP contribution in [0.2, 0.25) is 0 Å². The second-order valence-electron chi connectivity index (χ2n) is 3.47. The van der Waals surface area contributed by atoms with Gasteiger partial charge in [0.15, 0.2) is 0 Å². The van der Waals surface area contributed by atoms with Crippen molar-refractivity contribution in [3.8, 4) is 0 Å². The third kappa shape index (κ3) is 2.77. The molecule has 0 unspecified atom stereocenters. The fourth-order valence-electron chi connectivity index (χ4n) is 1.57. The van der Waals surface area contributed by atoms with Crippen LogP contribution in [0.15, 0.2) is 0 Å². The SMILES string of the molecule is O=C(O)N1CCC(S)(CCO)CC1. The first-order valence-corrected chi connectivity index (χ1v) is 4.83. The van der Waals surface area contributed by atoms with Crippen molar-refractivity contribution < 1.29 is 15.0 Å². The molecule has 76 valence electrons. The van der Waals surface area contributed by atoms with E-state index in [-0.39, 0.29) is 11.4 Å². The summed E-state index contributed by atoms with van der Waals surface area (Å²) in [5.41, 5.74) is 0. The number of piperidine rings is 1. The highest BCUT2D eigenvalue weighted by Crippen LogP contribution is 2.31. The number of aliphatic hydroxyl groups excluding tert-OH is 1. The van der Waals surface area contributed by atoms with Crippen LogP contribution in [-0.4, -0.2) is 45.6 Å². The Balaban J connectivity index is 2.41. The van der Waals surface area contributed by atoms with Gasteiger partial charge in [0.25, 0.3) is 0 Å². The van der Waals surface area contributed by atoms with Crippen LogP contribution in [0.25, 0.3) is 0 Å². The number of amides is 1. The van der Waals surface area contributed by atoms with E-state index in [2.05, 4.69) is 12.6 Å². The Morgan fingerprint density at radius 1 is 1.46 bits per heavy atom. The van der Waals surface area contributed by atoms with Crippen molar-refractivity contribution in [2.24, 2.45) is 0 Å². The molecule has 0 aromatic carbocycles. The smallest absolute Gasteiger partial charge is 0.407 e. The van der Waals surface area contributed by atoms with Gasteiger partial charge in [-0.25, -0.2) is 4.79 Å². The molecule has 1 heterocycles. The van der Waals surface area contributed by atoms with Crippen LogP contribution in [0.3, 0.4) is 0 Å². The minimum atomic E-state index is -0.862. The number of carbonyl (C=O) groups is 1. The van der Waals surface area contributed by atoms with Crippen molar-refractivity contribution in [1.82, 2.24) is 4.90 Å². The number of thiol groups is 1. The maximum Gasteiger partial charge on any atom is 0.407 e. The molecule has 1 saturated heterocycles. The fourth-order valence-corrected chi connectivity index (χ4v) is 1.87. The van der Waals surface area contributed by atoms with E-state index < -0.39 is 6.09 Å². The monoisotopic (exact) mass is 205 g/mol. The van der Waals surface area contributed by atoms with Gasteiger partial charge in [0.2, 0.25) is 0 Å². The lowest BCUT2D eigenvalue weighted by molar-refractivity contribution is 0.125. The van der Waals surface area contributed by atoms with Crippen LogP contribution in [0.4, 0.5) is 4.79 Å². The predicted octanol–water partition coefficient (Wildman–Crippen LogP) is 0.811. The molecule has 0 radical (unpaired) electrons. The lowest BCUT2D eigenvalue weighted by atomic mass is 9.93. The highest BCUT2D eigenvalue weighted by atomic mass is 32.1. The van der Waals surface area contributed by atoms with Gasteiger partial charge in [-0.15, -0.1) is 0 Å². The van der Waals surface area contributed by atoms with E-state index in [1.54, 1.807) is 0 Å². The Bertz CT molecular complexity index is 190. The number of hydrogen-bond donors (Lipinski definition) is 3. The van der Waals surface area contributed by atoms with Gasteiger partial charge in [0.1, 0.15) is 0 Å². The molecule has 0 aromatic rings. The summed E-state index contributed by atoms with van der Waals surface area (Å²) >= 11 is 4.46. The number of aliphatic hydroxyl groups is 1. The summed E-state index contributed by atoms with van der Waals surface area (Å²) in [7, 11) is 0. The summed E-state index contributed by atoms with van der Waals surface area (Å²) in [6.07, 6.45) is 1.23. The highest BCUT2D eigenvalue weighted by Gasteiger charge is 2.31. The first-order valence-electron chi connectivity index (χ1n) is 4.38. The van der Waals surface area contributed by atoms with Crippen molar-refractivity contribution in [2.45, 2.75) is 24.0 Å². The first-order chi connectivity index (χ1) is 6.07. The van der Waals surface area contributed by atoms with Crippen LogP contribution in [-0.2, 0) is 0 Å². The summed E-state index contributed by atoms with van der Waals surface area (Å²) in [5.74, 6) is 0. The topological polar surface area (TPSA) is 60.8 Å². The molecule has 1 aliphatic rings. The molecule has 0 aliphatic carbocycles. The van der Waals surface area contributed by atoms with Gasteiger partial charge in [-0.1, -0.05) is 0 Å². The second-order valence-corrected chi connectivity index (χ2v) is 4.42. The zero-order chi connectivity index (χ0) is 9.90. The Morgan fingerprint density at radius 2 is 2.00 bits per heavy atom. The van der Waals surface area contributed by atoms with E-state index in [9.17, 15) is 4.79 Å². The standard InChI is InChI=1S/C8H15NO3S/c10-6-3-8(13)1-4-9(5-2-8)7(11)12/h10,13H,1-6H2,(H,11,12). The van der Waals surface area contributed by atoms with Gasteiger partial charge in [-0.3, -0.25) is 0 Å². The third-order valence-electron chi connectivity index (χ3n) is 2.54. The molecule has 0 saturated carbocycles. The Kier molecular flexibility index (Phi) is 3.44. The molecule has 0 atom stereocenters. The molecular formula is C8H15NO3S. The van der Waals surface area contributed by atoms with Gasteiger partial charge in [-0.2, -0.15) is 12.6 Å². The van der Waals surface area contributed by atoms with Crippen molar-refractivity contribution in [3.05, 3.63) is 0 Å². The summed E-state index contributed by atoms with van der Waals surface area (Å²) in [6, 6.07) is 0. The second kappa shape index (κ2) is 4.19. The Hall–Kier alpha value is -0.420. The molecule has 1 amide bonds. The van der Waals surface area contributed by atoms with E-state index in [0.717, 1.165) is 12.8 Å². The molecule has 0 bridgehead atoms. The molecule has 2 N–H and O–H groups in total. The van der Waals surface area contributed by atoms with Crippen molar-refractivity contribution >= 4 is 18.7 Å². The number of likely N-dealkylation sites (tertiary alicyclic amines) is 1. The van der Waals surface area contributed by atoms with Crippen LogP contribution < -0.4 is 0 Å². The number of nitrogens with zero attached hydrogens (tertiary/aromatic N) is 1. The molecule has 0 spiro atoms. The van der Waals surface area contributed by atoms with Gasteiger partial charge in [-0.05, 0) is 19.3 Å². The van der Waals surface area contributed by atoms with Crippen LogP contribution in [0.5, 0.6) is 0 Å². The minimum absolute atomic E-state index is 0.122. The van der Waals surface area contributed by atoms with Gasteiger partial charge < -0.3 is 15.1 Å². The summed E-state index contributed by atoms with van der Waals surface area (Å²) < 4.78 is -0.166. The maximum absolute atomic E-state index is 10.6. The van der Waals surface area contributed by atoms with E-state index in [1.807, 2.05) is 0 Å². The maximum atomic E-state index is 10.6. The fraction of sp³-hybridized carbons (Fsp3) is 0.875. The van der Waals surface area contributed by atoms with E-state index in [1.165, 1.54) is 4.90 Å². The van der Waals surface area contributed by atoms with Crippen LogP contribution in [0.1, 0.15) is 19.3 Å². The highest BCUT2D eigenvalue weighted by molar-refractivity contribution is 7.81. The lowest BCUT2D eigenvalue weighted by Gasteiger charge is -2.37. The summed E-state index contributed by atoms with van der Waals surface area (Å²) in [6.45, 7) is 1.17. The first kappa shape index (κ1) is 10.7. The molecule has 5 heteroatoms. The Labute approximate surface area is 83.0 Å². The van der Waals surface area contributed by atoms with Crippen molar-refractivity contribution in [2.75, 3.05) is 19.7 Å². The summed E-state index contributed by atoms with van der Waals surface area (Å²) in [5, 5.41) is 17.5.